The first-order chi connectivity index (χ1) is 14.8. The van der Waals surface area contributed by atoms with Gasteiger partial charge in [0.25, 0.3) is 0 Å². The number of aliphatic hydroxyl groups excluding tert-OH is 1. The highest BCUT2D eigenvalue weighted by atomic mass is 16.3. The molecule has 5 aliphatic rings. The first-order valence-electron chi connectivity index (χ1n) is 13.2. The van der Waals surface area contributed by atoms with E-state index in [9.17, 15) is 9.90 Å². The van der Waals surface area contributed by atoms with E-state index in [1.54, 1.807) is 0 Å². The quantitative estimate of drug-likeness (QED) is 0.721. The lowest BCUT2D eigenvalue weighted by molar-refractivity contribution is -0.130. The minimum atomic E-state index is -0.0603. The Bertz CT molecular complexity index is 678. The van der Waals surface area contributed by atoms with Crippen LogP contribution in [0.2, 0.25) is 0 Å². The lowest BCUT2D eigenvalue weighted by Gasteiger charge is -2.61. The Kier molecular flexibility index (Phi) is 5.92. The molecule has 3 unspecified atom stereocenters. The molecule has 4 saturated carbocycles. The lowest BCUT2D eigenvalue weighted by atomic mass is 9.45. The van der Waals surface area contributed by atoms with E-state index in [1.807, 2.05) is 0 Å². The zero-order valence-electron chi connectivity index (χ0n) is 20.1. The maximum absolute atomic E-state index is 12.9. The molecule has 176 valence electrons. The number of nitrogens with zero attached hydrogens (tertiary/aromatic N) is 2. The SMILES string of the molecule is CN1CCN(CC(=O)N[C@H]2CCC3C4CC[C@H]5C[C@@H](O)CC[C@]5(C)C4CC[C@@]32C)CC1. The summed E-state index contributed by atoms with van der Waals surface area (Å²) in [7, 11) is 2.16. The van der Waals surface area contributed by atoms with Crippen LogP contribution >= 0.6 is 0 Å². The van der Waals surface area contributed by atoms with Crippen molar-refractivity contribution in [3.05, 3.63) is 0 Å². The fourth-order valence-corrected chi connectivity index (χ4v) is 8.92. The van der Waals surface area contributed by atoms with Crippen molar-refractivity contribution in [3.8, 4) is 0 Å². The van der Waals surface area contributed by atoms with Crippen LogP contribution in [0.25, 0.3) is 0 Å². The number of likely N-dealkylation sites (N-methyl/N-ethyl adjacent to an activating group) is 1. The second-order valence-electron chi connectivity index (χ2n) is 12.4. The van der Waals surface area contributed by atoms with Gasteiger partial charge in [-0.3, -0.25) is 9.69 Å². The molecule has 2 N–H and O–H groups in total. The highest BCUT2D eigenvalue weighted by Gasteiger charge is 2.60. The van der Waals surface area contributed by atoms with Gasteiger partial charge >= 0.3 is 0 Å². The Balaban J connectivity index is 1.23. The van der Waals surface area contributed by atoms with Crippen molar-refractivity contribution in [2.24, 2.45) is 34.5 Å². The number of aliphatic hydroxyl groups is 1. The number of amides is 1. The van der Waals surface area contributed by atoms with Crippen LogP contribution in [0.5, 0.6) is 0 Å². The first-order valence-corrected chi connectivity index (χ1v) is 13.2. The number of rotatable bonds is 3. The Morgan fingerprint density at radius 1 is 0.935 bits per heavy atom. The maximum atomic E-state index is 12.9. The molecule has 5 heteroatoms. The Morgan fingerprint density at radius 2 is 1.65 bits per heavy atom. The Labute approximate surface area is 189 Å². The zero-order chi connectivity index (χ0) is 21.8. The molecule has 0 aromatic heterocycles. The van der Waals surface area contributed by atoms with Gasteiger partial charge in [-0.1, -0.05) is 13.8 Å². The third-order valence-corrected chi connectivity index (χ3v) is 10.9. The molecule has 8 atom stereocenters. The number of hydrogen-bond acceptors (Lipinski definition) is 4. The molecule has 0 aromatic carbocycles. The zero-order valence-corrected chi connectivity index (χ0v) is 20.1. The highest BCUT2D eigenvalue weighted by molar-refractivity contribution is 5.78. The van der Waals surface area contributed by atoms with Crippen molar-refractivity contribution in [1.29, 1.82) is 0 Å². The fraction of sp³-hybridized carbons (Fsp3) is 0.962. The molecule has 0 aromatic rings. The average molecular weight is 432 g/mol. The number of hydrogen-bond donors (Lipinski definition) is 2. The van der Waals surface area contributed by atoms with Gasteiger partial charge in [0.05, 0.1) is 12.6 Å². The summed E-state index contributed by atoms with van der Waals surface area (Å²) in [5.41, 5.74) is 0.711. The molecule has 5 nitrogen and oxygen atoms in total. The van der Waals surface area contributed by atoms with Crippen molar-refractivity contribution in [1.82, 2.24) is 15.1 Å². The molecule has 1 aliphatic heterocycles. The second kappa shape index (κ2) is 8.29. The normalized spacial score (nSPS) is 48.5. The Hall–Kier alpha value is -0.650. The summed E-state index contributed by atoms with van der Waals surface area (Å²) in [6, 6.07) is 0.358. The Morgan fingerprint density at radius 3 is 2.42 bits per heavy atom. The molecule has 0 bridgehead atoms. The van der Waals surface area contributed by atoms with Crippen molar-refractivity contribution >= 4 is 5.91 Å². The first kappa shape index (κ1) is 22.2. The van der Waals surface area contributed by atoms with Gasteiger partial charge in [-0.15, -0.1) is 0 Å². The van der Waals surface area contributed by atoms with E-state index in [0.29, 0.717) is 18.0 Å². The molecule has 1 amide bonds. The number of piperazine rings is 1. The molecule has 1 saturated heterocycles. The molecule has 5 rings (SSSR count). The van der Waals surface area contributed by atoms with E-state index in [0.717, 1.165) is 69.1 Å². The van der Waals surface area contributed by atoms with E-state index >= 15 is 0 Å². The van der Waals surface area contributed by atoms with E-state index in [4.69, 9.17) is 0 Å². The summed E-state index contributed by atoms with van der Waals surface area (Å²) >= 11 is 0. The van der Waals surface area contributed by atoms with E-state index in [1.165, 1.54) is 38.5 Å². The maximum Gasteiger partial charge on any atom is 0.234 e. The molecule has 5 fully saturated rings. The number of fused-ring (bicyclic) bond motifs is 5. The topological polar surface area (TPSA) is 55.8 Å². The van der Waals surface area contributed by atoms with Gasteiger partial charge in [-0.05, 0) is 99.3 Å². The lowest BCUT2D eigenvalue weighted by Crippen LogP contribution is -2.57. The number of nitrogens with one attached hydrogen (secondary N) is 1. The summed E-state index contributed by atoms with van der Waals surface area (Å²) in [5, 5.41) is 13.8. The molecule has 0 radical (unpaired) electrons. The molecular weight excluding hydrogens is 386 g/mol. The van der Waals surface area contributed by atoms with Gasteiger partial charge in [0.1, 0.15) is 0 Å². The molecule has 1 heterocycles. The minimum Gasteiger partial charge on any atom is -0.393 e. The monoisotopic (exact) mass is 431 g/mol. The number of carbonyl (C=O) groups excluding carboxylic acids is 1. The smallest absolute Gasteiger partial charge is 0.234 e. The van der Waals surface area contributed by atoms with Crippen LogP contribution < -0.4 is 5.32 Å². The predicted molar refractivity (Wildman–Crippen MR) is 124 cm³/mol. The molecule has 0 spiro atoms. The van der Waals surface area contributed by atoms with Crippen LogP contribution in [0, 0.1) is 34.5 Å². The van der Waals surface area contributed by atoms with E-state index in [-0.39, 0.29) is 17.4 Å². The van der Waals surface area contributed by atoms with Crippen LogP contribution in [0.1, 0.15) is 71.6 Å². The van der Waals surface area contributed by atoms with Crippen LogP contribution in [-0.4, -0.2) is 72.7 Å². The standard InChI is InChI=1S/C26H45N3O2/c1-25-10-8-19(30)16-18(25)4-5-20-21-6-7-23(26(21,2)11-9-22(20)25)27-24(31)17-29-14-12-28(3)13-15-29/h18-23,30H,4-17H2,1-3H3,(H,27,31)/t18-,19-,20?,21?,22?,23-,25-,26-/m0/s1. The molecule has 4 aliphatic carbocycles. The van der Waals surface area contributed by atoms with Crippen LogP contribution in [0.4, 0.5) is 0 Å². The van der Waals surface area contributed by atoms with Crippen molar-refractivity contribution in [2.75, 3.05) is 39.8 Å². The average Bonchev–Trinajstić information content (AvgIpc) is 3.06. The predicted octanol–water partition coefficient (Wildman–Crippen LogP) is 3.12. The van der Waals surface area contributed by atoms with Gasteiger partial charge in [0.15, 0.2) is 0 Å². The summed E-state index contributed by atoms with van der Waals surface area (Å²) in [4.78, 5) is 17.6. The van der Waals surface area contributed by atoms with Gasteiger partial charge in [0.2, 0.25) is 5.91 Å². The van der Waals surface area contributed by atoms with Gasteiger partial charge in [-0.2, -0.15) is 0 Å². The summed E-state index contributed by atoms with van der Waals surface area (Å²) in [6.07, 6.45) is 10.9. The van der Waals surface area contributed by atoms with Gasteiger partial charge < -0.3 is 15.3 Å². The van der Waals surface area contributed by atoms with E-state index in [2.05, 4.69) is 36.0 Å². The van der Waals surface area contributed by atoms with Crippen molar-refractivity contribution < 1.29 is 9.90 Å². The third-order valence-electron chi connectivity index (χ3n) is 10.9. The summed E-state index contributed by atoms with van der Waals surface area (Å²) in [6.45, 7) is 9.78. The highest BCUT2D eigenvalue weighted by Crippen LogP contribution is 2.66. The third kappa shape index (κ3) is 3.87. The summed E-state index contributed by atoms with van der Waals surface area (Å²) in [5.74, 6) is 3.40. The molecule has 31 heavy (non-hydrogen) atoms. The largest absolute Gasteiger partial charge is 0.393 e. The summed E-state index contributed by atoms with van der Waals surface area (Å²) < 4.78 is 0. The van der Waals surface area contributed by atoms with Crippen molar-refractivity contribution in [3.63, 3.8) is 0 Å². The van der Waals surface area contributed by atoms with Gasteiger partial charge in [-0.25, -0.2) is 0 Å². The van der Waals surface area contributed by atoms with Crippen LogP contribution in [-0.2, 0) is 4.79 Å². The minimum absolute atomic E-state index is 0.0603. The fourth-order valence-electron chi connectivity index (χ4n) is 8.92. The number of carbonyl (C=O) groups is 1. The van der Waals surface area contributed by atoms with Crippen LogP contribution in [0.3, 0.4) is 0 Å². The second-order valence-corrected chi connectivity index (χ2v) is 12.4. The van der Waals surface area contributed by atoms with E-state index < -0.39 is 0 Å². The van der Waals surface area contributed by atoms with Crippen molar-refractivity contribution in [2.45, 2.75) is 83.8 Å². The van der Waals surface area contributed by atoms with Gasteiger partial charge in [0, 0.05) is 32.2 Å². The van der Waals surface area contributed by atoms with Crippen LogP contribution in [0.15, 0.2) is 0 Å². The molecular formula is C26H45N3O2.